The van der Waals surface area contributed by atoms with E-state index in [9.17, 15) is 4.79 Å². The monoisotopic (exact) mass is 234 g/mol. The molecule has 1 aromatic heterocycles. The zero-order valence-corrected chi connectivity index (χ0v) is 9.90. The molecule has 0 unspecified atom stereocenters. The molecule has 5 nitrogen and oxygen atoms in total. The molecular formula is C12H14N2O3. The van der Waals surface area contributed by atoms with Gasteiger partial charge in [0, 0.05) is 0 Å². The van der Waals surface area contributed by atoms with Crippen molar-refractivity contribution >= 4 is 5.78 Å². The van der Waals surface area contributed by atoms with Crippen LogP contribution in [0.15, 0.2) is 17.8 Å². The number of Topliss-reactive ketones (excluding diaryl/α,β-unsaturated/α-hetero) is 1. The van der Waals surface area contributed by atoms with Gasteiger partial charge in [0.25, 0.3) is 0 Å². The van der Waals surface area contributed by atoms with Crippen molar-refractivity contribution in [1.29, 1.82) is 0 Å². The molecule has 1 aliphatic rings. The van der Waals surface area contributed by atoms with Gasteiger partial charge in [-0.15, -0.1) is 0 Å². The van der Waals surface area contributed by atoms with Crippen molar-refractivity contribution in [2.75, 3.05) is 14.2 Å². The van der Waals surface area contributed by atoms with E-state index in [1.54, 1.807) is 0 Å². The molecule has 0 amide bonds. The van der Waals surface area contributed by atoms with Gasteiger partial charge in [-0.2, -0.15) is 4.98 Å². The van der Waals surface area contributed by atoms with Crippen LogP contribution in [0.25, 0.3) is 0 Å². The quantitative estimate of drug-likeness (QED) is 0.743. The molecule has 0 saturated heterocycles. The molecule has 90 valence electrons. The summed E-state index contributed by atoms with van der Waals surface area (Å²) in [6, 6.07) is 0. The summed E-state index contributed by atoms with van der Waals surface area (Å²) in [7, 11) is 2.95. The number of carbonyl (C=O) groups excluding carboxylic acids is 1. The van der Waals surface area contributed by atoms with Crippen molar-refractivity contribution in [2.45, 2.75) is 19.3 Å². The van der Waals surface area contributed by atoms with Crippen molar-refractivity contribution < 1.29 is 14.3 Å². The Bertz CT molecular complexity index is 469. The average Bonchev–Trinajstić information content (AvgIpc) is 2.91. The number of allylic oxidation sites excluding steroid dienone is 2. The Morgan fingerprint density at radius 2 is 2.18 bits per heavy atom. The van der Waals surface area contributed by atoms with Crippen LogP contribution in [-0.2, 0) is 0 Å². The van der Waals surface area contributed by atoms with Crippen LogP contribution in [0, 0.1) is 0 Å². The highest BCUT2D eigenvalue weighted by Crippen LogP contribution is 2.25. The molecule has 17 heavy (non-hydrogen) atoms. The number of ketones is 1. The summed E-state index contributed by atoms with van der Waals surface area (Å²) in [5, 5.41) is 0. The van der Waals surface area contributed by atoms with Crippen molar-refractivity contribution in [3.05, 3.63) is 23.5 Å². The predicted octanol–water partition coefficient (Wildman–Crippen LogP) is 1.79. The van der Waals surface area contributed by atoms with Gasteiger partial charge in [-0.1, -0.05) is 6.08 Å². The molecule has 0 spiro atoms. The third-order valence-electron chi connectivity index (χ3n) is 2.67. The van der Waals surface area contributed by atoms with Crippen LogP contribution in [0.2, 0.25) is 0 Å². The molecule has 0 aromatic carbocycles. The number of methoxy groups -OCH3 is 2. The summed E-state index contributed by atoms with van der Waals surface area (Å²) in [4.78, 5) is 20.2. The summed E-state index contributed by atoms with van der Waals surface area (Å²) in [5.74, 6) is 0.440. The first-order chi connectivity index (χ1) is 8.26. The van der Waals surface area contributed by atoms with Gasteiger partial charge in [-0.05, 0) is 24.8 Å². The van der Waals surface area contributed by atoms with Gasteiger partial charge in [-0.25, -0.2) is 4.98 Å². The Labute approximate surface area is 99.5 Å². The number of carbonyl (C=O) groups is 1. The first kappa shape index (κ1) is 11.6. The van der Waals surface area contributed by atoms with E-state index in [1.165, 1.54) is 20.4 Å². The van der Waals surface area contributed by atoms with Crippen LogP contribution in [0.4, 0.5) is 0 Å². The lowest BCUT2D eigenvalue weighted by Gasteiger charge is -2.07. The van der Waals surface area contributed by atoms with Crippen LogP contribution in [0.5, 0.6) is 11.8 Å². The van der Waals surface area contributed by atoms with E-state index in [0.717, 1.165) is 24.8 Å². The Kier molecular flexibility index (Phi) is 3.37. The highest BCUT2D eigenvalue weighted by atomic mass is 16.5. The van der Waals surface area contributed by atoms with E-state index in [2.05, 4.69) is 9.97 Å². The van der Waals surface area contributed by atoms with Gasteiger partial charge in [-0.3, -0.25) is 4.79 Å². The Hall–Kier alpha value is -1.91. The fraction of sp³-hybridized carbons (Fsp3) is 0.417. The average molecular weight is 234 g/mol. The molecule has 1 aliphatic carbocycles. The molecule has 2 rings (SSSR count). The lowest BCUT2D eigenvalue weighted by molar-refractivity contribution is 0.102. The maximum Gasteiger partial charge on any atom is 0.247 e. The van der Waals surface area contributed by atoms with Crippen molar-refractivity contribution in [3.8, 4) is 11.8 Å². The summed E-state index contributed by atoms with van der Waals surface area (Å²) < 4.78 is 10.0. The first-order valence-corrected chi connectivity index (χ1v) is 5.45. The van der Waals surface area contributed by atoms with E-state index in [0.29, 0.717) is 5.88 Å². The smallest absolute Gasteiger partial charge is 0.247 e. The fourth-order valence-corrected chi connectivity index (χ4v) is 1.78. The highest BCUT2D eigenvalue weighted by Gasteiger charge is 2.21. The Morgan fingerprint density at radius 3 is 2.76 bits per heavy atom. The molecule has 1 aromatic rings. The lowest BCUT2D eigenvalue weighted by Crippen LogP contribution is -2.09. The number of hydrogen-bond donors (Lipinski definition) is 0. The molecule has 0 N–H and O–H groups in total. The molecule has 0 aliphatic heterocycles. The number of ether oxygens (including phenoxy) is 2. The second kappa shape index (κ2) is 4.95. The highest BCUT2D eigenvalue weighted by molar-refractivity contribution is 6.08. The van der Waals surface area contributed by atoms with Crippen LogP contribution in [0.1, 0.15) is 29.8 Å². The van der Waals surface area contributed by atoms with E-state index in [1.807, 2.05) is 6.08 Å². The summed E-state index contributed by atoms with van der Waals surface area (Å²) >= 11 is 0. The maximum absolute atomic E-state index is 12.1. The predicted molar refractivity (Wildman–Crippen MR) is 61.4 cm³/mol. The van der Waals surface area contributed by atoms with E-state index in [4.69, 9.17) is 9.47 Å². The third kappa shape index (κ3) is 2.27. The number of rotatable bonds is 4. The van der Waals surface area contributed by atoms with Crippen molar-refractivity contribution in [3.63, 3.8) is 0 Å². The third-order valence-corrected chi connectivity index (χ3v) is 2.67. The van der Waals surface area contributed by atoms with Crippen molar-refractivity contribution in [1.82, 2.24) is 9.97 Å². The number of nitrogens with zero attached hydrogens (tertiary/aromatic N) is 2. The molecular weight excluding hydrogens is 220 g/mol. The molecule has 0 bridgehead atoms. The lowest BCUT2D eigenvalue weighted by atomic mass is 10.1. The van der Waals surface area contributed by atoms with Gasteiger partial charge in [0.15, 0.2) is 5.69 Å². The minimum Gasteiger partial charge on any atom is -0.480 e. The van der Waals surface area contributed by atoms with Gasteiger partial charge in [0.1, 0.15) is 0 Å². The zero-order chi connectivity index (χ0) is 12.3. The molecule has 0 radical (unpaired) electrons. The Morgan fingerprint density at radius 1 is 1.35 bits per heavy atom. The summed E-state index contributed by atoms with van der Waals surface area (Å²) in [6.07, 6.45) is 6.15. The van der Waals surface area contributed by atoms with E-state index >= 15 is 0 Å². The van der Waals surface area contributed by atoms with Crippen LogP contribution < -0.4 is 9.47 Å². The summed E-state index contributed by atoms with van der Waals surface area (Å²) in [6.45, 7) is 0. The first-order valence-electron chi connectivity index (χ1n) is 5.45. The van der Waals surface area contributed by atoms with Gasteiger partial charge >= 0.3 is 0 Å². The molecule has 1 heterocycles. The largest absolute Gasteiger partial charge is 0.480 e. The van der Waals surface area contributed by atoms with Gasteiger partial charge in [0.05, 0.1) is 20.4 Å². The Balaban J connectivity index is 2.34. The zero-order valence-electron chi connectivity index (χ0n) is 9.90. The minimum absolute atomic E-state index is 0.102. The molecule has 0 fully saturated rings. The van der Waals surface area contributed by atoms with E-state index < -0.39 is 0 Å². The minimum atomic E-state index is -0.102. The van der Waals surface area contributed by atoms with Crippen LogP contribution in [-0.4, -0.2) is 30.0 Å². The van der Waals surface area contributed by atoms with Crippen molar-refractivity contribution in [2.24, 2.45) is 0 Å². The molecule has 5 heteroatoms. The second-order valence-electron chi connectivity index (χ2n) is 3.72. The SMILES string of the molecule is COc1cnc(C(=O)C2=CCCC2)c(OC)n1. The number of hydrogen-bond acceptors (Lipinski definition) is 5. The van der Waals surface area contributed by atoms with Gasteiger partial charge in [0.2, 0.25) is 17.5 Å². The van der Waals surface area contributed by atoms with Crippen LogP contribution in [0.3, 0.4) is 0 Å². The molecule has 0 atom stereocenters. The topological polar surface area (TPSA) is 61.3 Å². The standard InChI is InChI=1S/C12H14N2O3/c1-16-9-7-13-10(12(14-9)17-2)11(15)8-5-3-4-6-8/h5,7H,3-4,6H2,1-2H3. The molecule has 0 saturated carbocycles. The fourth-order valence-electron chi connectivity index (χ4n) is 1.78. The normalized spacial score (nSPS) is 14.4. The van der Waals surface area contributed by atoms with E-state index in [-0.39, 0.29) is 17.4 Å². The maximum atomic E-state index is 12.1. The summed E-state index contributed by atoms with van der Waals surface area (Å²) in [5.41, 5.74) is 1.05. The second-order valence-corrected chi connectivity index (χ2v) is 3.72. The van der Waals surface area contributed by atoms with Gasteiger partial charge < -0.3 is 9.47 Å². The van der Waals surface area contributed by atoms with Crippen LogP contribution >= 0.6 is 0 Å². The number of aromatic nitrogens is 2.